The van der Waals surface area contributed by atoms with E-state index in [4.69, 9.17) is 10.5 Å². The molecular formula is C17H26N2O3. The fourth-order valence-corrected chi connectivity index (χ4v) is 2.44. The topological polar surface area (TPSA) is 72.6 Å². The van der Waals surface area contributed by atoms with Crippen molar-refractivity contribution < 1.29 is 14.3 Å². The molecule has 0 saturated heterocycles. The van der Waals surface area contributed by atoms with Gasteiger partial charge in [-0.25, -0.2) is 4.79 Å². The predicted octanol–water partition coefficient (Wildman–Crippen LogP) is 3.08. The van der Waals surface area contributed by atoms with Crippen molar-refractivity contribution in [1.82, 2.24) is 4.90 Å². The van der Waals surface area contributed by atoms with Crippen LogP contribution in [0.3, 0.4) is 0 Å². The van der Waals surface area contributed by atoms with E-state index in [-0.39, 0.29) is 5.91 Å². The lowest BCUT2D eigenvalue weighted by atomic mass is 9.97. The zero-order valence-corrected chi connectivity index (χ0v) is 13.7. The first kappa shape index (κ1) is 18.0. The third kappa shape index (κ3) is 6.16. The van der Waals surface area contributed by atoms with Gasteiger partial charge in [0, 0.05) is 13.5 Å². The second-order valence-corrected chi connectivity index (χ2v) is 5.84. The van der Waals surface area contributed by atoms with Crippen LogP contribution in [-0.2, 0) is 16.1 Å². The number of hydrogen-bond acceptors (Lipinski definition) is 3. The molecule has 0 radical (unpaired) electrons. The van der Waals surface area contributed by atoms with Gasteiger partial charge in [-0.05, 0) is 25.3 Å². The van der Waals surface area contributed by atoms with Crippen molar-refractivity contribution in [2.45, 2.75) is 52.2 Å². The summed E-state index contributed by atoms with van der Waals surface area (Å²) >= 11 is 0. The molecule has 0 saturated carbocycles. The molecule has 122 valence electrons. The summed E-state index contributed by atoms with van der Waals surface area (Å²) in [6, 6.07) is 9.74. The van der Waals surface area contributed by atoms with Crippen LogP contribution in [0.5, 0.6) is 0 Å². The van der Waals surface area contributed by atoms with Crippen LogP contribution in [0.4, 0.5) is 4.79 Å². The number of nitrogens with two attached hydrogens (primary N) is 1. The lowest BCUT2D eigenvalue weighted by Gasteiger charge is -2.34. The lowest BCUT2D eigenvalue weighted by Crippen LogP contribution is -2.46. The van der Waals surface area contributed by atoms with E-state index in [0.717, 1.165) is 18.4 Å². The number of amides is 2. The van der Waals surface area contributed by atoms with Crippen molar-refractivity contribution in [2.75, 3.05) is 6.54 Å². The average molecular weight is 306 g/mol. The van der Waals surface area contributed by atoms with Gasteiger partial charge in [0.1, 0.15) is 5.60 Å². The van der Waals surface area contributed by atoms with Gasteiger partial charge in [-0.3, -0.25) is 4.79 Å². The molecule has 0 aromatic heterocycles. The summed E-state index contributed by atoms with van der Waals surface area (Å²) in [5, 5.41) is 0. The summed E-state index contributed by atoms with van der Waals surface area (Å²) in [5.41, 5.74) is 5.47. The molecule has 0 unspecified atom stereocenters. The van der Waals surface area contributed by atoms with Gasteiger partial charge in [0.25, 0.3) is 0 Å². The molecule has 5 nitrogen and oxygen atoms in total. The number of nitrogens with zero attached hydrogens (tertiary/aromatic N) is 1. The average Bonchev–Trinajstić information content (AvgIpc) is 2.45. The number of carbonyl (C=O) groups is 2. The maximum Gasteiger partial charge on any atom is 0.405 e. The first-order chi connectivity index (χ1) is 10.4. The van der Waals surface area contributed by atoms with Crippen molar-refractivity contribution in [3.8, 4) is 0 Å². The lowest BCUT2D eigenvalue weighted by molar-refractivity contribution is -0.133. The van der Waals surface area contributed by atoms with E-state index in [0.29, 0.717) is 19.5 Å². The Labute approximate surface area is 132 Å². The zero-order valence-electron chi connectivity index (χ0n) is 13.7. The molecule has 0 aliphatic carbocycles. The van der Waals surface area contributed by atoms with E-state index >= 15 is 0 Å². The van der Waals surface area contributed by atoms with Gasteiger partial charge in [-0.15, -0.1) is 0 Å². The number of hydrogen-bond donors (Lipinski definition) is 1. The van der Waals surface area contributed by atoms with E-state index in [9.17, 15) is 9.59 Å². The summed E-state index contributed by atoms with van der Waals surface area (Å²) in [5.74, 6) is -0.0559. The van der Waals surface area contributed by atoms with Gasteiger partial charge < -0.3 is 15.4 Å². The van der Waals surface area contributed by atoms with Crippen molar-refractivity contribution in [2.24, 2.45) is 5.73 Å². The highest BCUT2D eigenvalue weighted by atomic mass is 16.6. The number of rotatable bonds is 8. The van der Waals surface area contributed by atoms with Gasteiger partial charge in [0.15, 0.2) is 0 Å². The van der Waals surface area contributed by atoms with Crippen LogP contribution in [0, 0.1) is 0 Å². The number of benzene rings is 1. The van der Waals surface area contributed by atoms with Crippen molar-refractivity contribution in [3.05, 3.63) is 35.9 Å². The second kappa shape index (κ2) is 8.41. The van der Waals surface area contributed by atoms with Crippen LogP contribution in [0.2, 0.25) is 0 Å². The number of primary amides is 1. The Hall–Kier alpha value is -2.04. The SMILES string of the molecule is CCCC[C@](C)(CN(Cc1ccccc1)C(C)=O)OC(N)=O. The van der Waals surface area contributed by atoms with Crippen LogP contribution in [0.25, 0.3) is 0 Å². The van der Waals surface area contributed by atoms with Gasteiger partial charge in [-0.1, -0.05) is 43.7 Å². The molecule has 5 heteroatoms. The molecule has 1 rings (SSSR count). The summed E-state index contributed by atoms with van der Waals surface area (Å²) in [6.45, 7) is 6.24. The Bertz CT molecular complexity index is 490. The normalized spacial score (nSPS) is 13.2. The minimum atomic E-state index is -0.804. The van der Waals surface area contributed by atoms with Crippen molar-refractivity contribution in [3.63, 3.8) is 0 Å². The minimum Gasteiger partial charge on any atom is -0.442 e. The highest BCUT2D eigenvalue weighted by Crippen LogP contribution is 2.22. The molecule has 0 aliphatic heterocycles. The standard InChI is InChI=1S/C17H26N2O3/c1-4-5-11-17(3,22-16(18)21)13-19(14(2)20)12-15-9-7-6-8-10-15/h6-10H,4-5,11-13H2,1-3H3,(H2,18,21)/t17-/m1/s1. The quantitative estimate of drug-likeness (QED) is 0.802. The Morgan fingerprint density at radius 2 is 1.91 bits per heavy atom. The molecule has 2 amide bonds. The van der Waals surface area contributed by atoms with Crippen LogP contribution in [0.15, 0.2) is 30.3 Å². The van der Waals surface area contributed by atoms with E-state index in [1.807, 2.05) is 37.3 Å². The van der Waals surface area contributed by atoms with Gasteiger partial charge in [0.05, 0.1) is 6.54 Å². The monoisotopic (exact) mass is 306 g/mol. The fourth-order valence-electron chi connectivity index (χ4n) is 2.44. The summed E-state index contributed by atoms with van der Waals surface area (Å²) < 4.78 is 5.30. The first-order valence-corrected chi connectivity index (χ1v) is 7.64. The summed E-state index contributed by atoms with van der Waals surface area (Å²) in [7, 11) is 0. The number of carbonyl (C=O) groups excluding carboxylic acids is 2. The van der Waals surface area contributed by atoms with Gasteiger partial charge in [0.2, 0.25) is 5.91 Å². The third-order valence-corrected chi connectivity index (χ3v) is 3.59. The highest BCUT2D eigenvalue weighted by molar-refractivity contribution is 5.73. The van der Waals surface area contributed by atoms with E-state index in [1.54, 1.807) is 4.90 Å². The largest absolute Gasteiger partial charge is 0.442 e. The Morgan fingerprint density at radius 3 is 2.41 bits per heavy atom. The van der Waals surface area contributed by atoms with Gasteiger partial charge in [-0.2, -0.15) is 0 Å². The number of unbranched alkanes of at least 4 members (excludes halogenated alkanes) is 1. The Balaban J connectivity index is 2.84. The third-order valence-electron chi connectivity index (χ3n) is 3.59. The second-order valence-electron chi connectivity index (χ2n) is 5.84. The molecule has 2 N–H and O–H groups in total. The summed E-state index contributed by atoms with van der Waals surface area (Å²) in [6.07, 6.45) is 1.75. The molecular weight excluding hydrogens is 280 g/mol. The zero-order chi connectivity index (χ0) is 16.6. The van der Waals surface area contributed by atoms with E-state index < -0.39 is 11.7 Å². The first-order valence-electron chi connectivity index (χ1n) is 7.64. The van der Waals surface area contributed by atoms with Crippen LogP contribution in [0.1, 0.15) is 45.6 Å². The minimum absolute atomic E-state index is 0.0559. The van der Waals surface area contributed by atoms with Crippen molar-refractivity contribution in [1.29, 1.82) is 0 Å². The molecule has 0 heterocycles. The molecule has 0 spiro atoms. The molecule has 1 aromatic carbocycles. The molecule has 22 heavy (non-hydrogen) atoms. The van der Waals surface area contributed by atoms with Crippen molar-refractivity contribution >= 4 is 12.0 Å². The predicted molar refractivity (Wildman–Crippen MR) is 86.1 cm³/mol. The van der Waals surface area contributed by atoms with Gasteiger partial charge >= 0.3 is 6.09 Å². The highest BCUT2D eigenvalue weighted by Gasteiger charge is 2.31. The maximum absolute atomic E-state index is 11.9. The van der Waals surface area contributed by atoms with Crippen LogP contribution in [-0.4, -0.2) is 29.0 Å². The maximum atomic E-state index is 11.9. The Kier molecular flexibility index (Phi) is 6.89. The van der Waals surface area contributed by atoms with E-state index in [1.165, 1.54) is 6.92 Å². The summed E-state index contributed by atoms with van der Waals surface area (Å²) in [4.78, 5) is 24.8. The smallest absolute Gasteiger partial charge is 0.405 e. The fraction of sp³-hybridized carbons (Fsp3) is 0.529. The van der Waals surface area contributed by atoms with E-state index in [2.05, 4.69) is 6.92 Å². The Morgan fingerprint density at radius 1 is 1.27 bits per heavy atom. The van der Waals surface area contributed by atoms with Crippen LogP contribution >= 0.6 is 0 Å². The number of ether oxygens (including phenoxy) is 1. The molecule has 1 aromatic rings. The molecule has 0 bridgehead atoms. The van der Waals surface area contributed by atoms with Crippen LogP contribution < -0.4 is 5.73 Å². The molecule has 0 fully saturated rings. The molecule has 1 atom stereocenters. The molecule has 0 aliphatic rings.